The van der Waals surface area contributed by atoms with E-state index in [4.69, 9.17) is 4.74 Å². The predicted molar refractivity (Wildman–Crippen MR) is 116 cm³/mol. The van der Waals surface area contributed by atoms with Crippen LogP contribution < -0.4 is 4.74 Å². The number of nitrogens with zero attached hydrogens (tertiary/aromatic N) is 1. The standard InChI is InChI=1S/C26H27NO2/c1-3-5-19-7-10-21(11-8-19)22-12-14-23(15-13-22)26(28)29-25-16-9-20(6-4-2)17-24(25)18-27/h3-4,9,12-17,19,21H,1-2,5-8,10-11H2. The van der Waals surface area contributed by atoms with E-state index in [2.05, 4.69) is 19.2 Å². The molecule has 0 heterocycles. The van der Waals surface area contributed by atoms with Crippen molar-refractivity contribution in [2.24, 2.45) is 5.92 Å². The van der Waals surface area contributed by atoms with Gasteiger partial charge in [0.15, 0.2) is 0 Å². The number of carbonyl (C=O) groups is 1. The molecule has 0 aliphatic heterocycles. The van der Waals surface area contributed by atoms with Crippen LogP contribution in [0.4, 0.5) is 0 Å². The van der Waals surface area contributed by atoms with Crippen LogP contribution in [-0.2, 0) is 6.42 Å². The summed E-state index contributed by atoms with van der Waals surface area (Å²) < 4.78 is 5.49. The first kappa shape index (κ1) is 20.6. The molecule has 0 aromatic heterocycles. The van der Waals surface area contributed by atoms with Gasteiger partial charge in [-0.05, 0) is 85.8 Å². The molecule has 0 bridgehead atoms. The Morgan fingerprint density at radius 1 is 1.07 bits per heavy atom. The van der Waals surface area contributed by atoms with Crippen molar-refractivity contribution in [1.29, 1.82) is 5.26 Å². The highest BCUT2D eigenvalue weighted by Crippen LogP contribution is 2.37. The molecule has 1 fully saturated rings. The van der Waals surface area contributed by atoms with Crippen molar-refractivity contribution in [3.05, 3.63) is 90.0 Å². The van der Waals surface area contributed by atoms with Crippen LogP contribution in [0, 0.1) is 17.2 Å². The first-order valence-corrected chi connectivity index (χ1v) is 10.2. The van der Waals surface area contributed by atoms with Gasteiger partial charge in [-0.15, -0.1) is 13.2 Å². The van der Waals surface area contributed by atoms with Crippen molar-refractivity contribution in [3.8, 4) is 11.8 Å². The smallest absolute Gasteiger partial charge is 0.343 e. The minimum absolute atomic E-state index is 0.287. The number of allylic oxidation sites excluding steroid dienone is 2. The number of hydrogen-bond donors (Lipinski definition) is 0. The topological polar surface area (TPSA) is 50.1 Å². The fourth-order valence-electron chi connectivity index (χ4n) is 4.06. The largest absolute Gasteiger partial charge is 0.422 e. The molecule has 0 atom stereocenters. The molecule has 2 aromatic rings. The molecule has 0 amide bonds. The summed E-state index contributed by atoms with van der Waals surface area (Å²) in [7, 11) is 0. The minimum Gasteiger partial charge on any atom is -0.422 e. The Morgan fingerprint density at radius 2 is 1.79 bits per heavy atom. The van der Waals surface area contributed by atoms with E-state index in [-0.39, 0.29) is 5.75 Å². The van der Waals surface area contributed by atoms with Crippen molar-refractivity contribution in [3.63, 3.8) is 0 Å². The van der Waals surface area contributed by atoms with Crippen molar-refractivity contribution in [2.75, 3.05) is 0 Å². The normalized spacial score (nSPS) is 18.4. The Balaban J connectivity index is 1.65. The SMILES string of the molecule is C=CCc1ccc(OC(=O)c2ccc(C3CCC(CC=C)CC3)cc2)c(C#N)c1. The Labute approximate surface area is 173 Å². The van der Waals surface area contributed by atoms with Crippen LogP contribution in [-0.4, -0.2) is 5.97 Å². The summed E-state index contributed by atoms with van der Waals surface area (Å²) in [5.41, 5.74) is 3.09. The molecule has 0 N–H and O–H groups in total. The second-order valence-corrected chi connectivity index (χ2v) is 7.69. The zero-order valence-corrected chi connectivity index (χ0v) is 16.8. The Bertz CT molecular complexity index is 913. The molecular weight excluding hydrogens is 358 g/mol. The predicted octanol–water partition coefficient (Wildman–Crippen LogP) is 6.36. The molecule has 2 aromatic carbocycles. The maximum absolute atomic E-state index is 12.5. The van der Waals surface area contributed by atoms with Gasteiger partial charge in [0.1, 0.15) is 11.8 Å². The third-order valence-electron chi connectivity index (χ3n) is 5.71. The number of esters is 1. The molecule has 1 aliphatic rings. The number of hydrogen-bond acceptors (Lipinski definition) is 3. The highest BCUT2D eigenvalue weighted by atomic mass is 16.5. The van der Waals surface area contributed by atoms with Crippen LogP contribution in [0.3, 0.4) is 0 Å². The average molecular weight is 386 g/mol. The lowest BCUT2D eigenvalue weighted by Crippen LogP contribution is -2.13. The van der Waals surface area contributed by atoms with Crippen molar-refractivity contribution >= 4 is 5.97 Å². The highest BCUT2D eigenvalue weighted by molar-refractivity contribution is 5.91. The Hall–Kier alpha value is -3.12. The van der Waals surface area contributed by atoms with E-state index < -0.39 is 5.97 Å². The summed E-state index contributed by atoms with van der Waals surface area (Å²) in [6.45, 7) is 7.55. The number of nitriles is 1. The van der Waals surface area contributed by atoms with Gasteiger partial charge in [-0.25, -0.2) is 4.79 Å². The maximum atomic E-state index is 12.5. The van der Waals surface area contributed by atoms with E-state index in [0.29, 0.717) is 23.5 Å². The number of rotatable bonds is 7. The summed E-state index contributed by atoms with van der Waals surface area (Å²) >= 11 is 0. The van der Waals surface area contributed by atoms with Crippen LogP contribution in [0.5, 0.6) is 5.75 Å². The first-order chi connectivity index (χ1) is 14.1. The summed E-state index contributed by atoms with van der Waals surface area (Å²) in [5, 5.41) is 9.35. The van der Waals surface area contributed by atoms with Crippen LogP contribution in [0.15, 0.2) is 67.8 Å². The maximum Gasteiger partial charge on any atom is 0.343 e. The van der Waals surface area contributed by atoms with E-state index >= 15 is 0 Å². The lowest BCUT2D eigenvalue weighted by molar-refractivity contribution is 0.0734. The molecule has 0 unspecified atom stereocenters. The molecule has 0 spiro atoms. The highest BCUT2D eigenvalue weighted by Gasteiger charge is 2.22. The zero-order chi connectivity index (χ0) is 20.6. The fraction of sp³-hybridized carbons (Fsp3) is 0.308. The first-order valence-electron chi connectivity index (χ1n) is 10.2. The monoisotopic (exact) mass is 385 g/mol. The van der Waals surface area contributed by atoms with Gasteiger partial charge in [0.25, 0.3) is 0 Å². The molecule has 3 rings (SSSR count). The zero-order valence-electron chi connectivity index (χ0n) is 16.8. The third kappa shape index (κ3) is 5.23. The summed E-state index contributed by atoms with van der Waals surface area (Å²) in [5.74, 6) is 1.17. The van der Waals surface area contributed by atoms with E-state index in [9.17, 15) is 10.1 Å². The van der Waals surface area contributed by atoms with Gasteiger partial charge in [-0.1, -0.05) is 30.4 Å². The van der Waals surface area contributed by atoms with Crippen LogP contribution >= 0.6 is 0 Å². The lowest BCUT2D eigenvalue weighted by atomic mass is 9.77. The van der Waals surface area contributed by atoms with Crippen LogP contribution in [0.1, 0.15) is 65.1 Å². The molecule has 0 radical (unpaired) electrons. The fourth-order valence-corrected chi connectivity index (χ4v) is 4.06. The van der Waals surface area contributed by atoms with Gasteiger partial charge < -0.3 is 4.74 Å². The molecule has 3 heteroatoms. The van der Waals surface area contributed by atoms with E-state index in [0.717, 1.165) is 17.9 Å². The molecule has 1 aliphatic carbocycles. The van der Waals surface area contributed by atoms with E-state index in [1.54, 1.807) is 18.2 Å². The minimum atomic E-state index is -0.445. The van der Waals surface area contributed by atoms with Crippen LogP contribution in [0.2, 0.25) is 0 Å². The van der Waals surface area contributed by atoms with Gasteiger partial charge in [0.2, 0.25) is 0 Å². The molecule has 148 valence electrons. The molecule has 29 heavy (non-hydrogen) atoms. The molecule has 1 saturated carbocycles. The average Bonchev–Trinajstić information content (AvgIpc) is 2.76. The Morgan fingerprint density at radius 3 is 2.41 bits per heavy atom. The summed E-state index contributed by atoms with van der Waals surface area (Å²) in [6, 6.07) is 15.1. The van der Waals surface area contributed by atoms with Gasteiger partial charge in [0, 0.05) is 0 Å². The quantitative estimate of drug-likeness (QED) is 0.317. The summed E-state index contributed by atoms with van der Waals surface area (Å²) in [4.78, 5) is 12.5. The number of carbonyl (C=O) groups excluding carboxylic acids is 1. The van der Waals surface area contributed by atoms with Gasteiger partial charge in [-0.3, -0.25) is 0 Å². The lowest BCUT2D eigenvalue weighted by Gasteiger charge is -2.28. The van der Waals surface area contributed by atoms with Gasteiger partial charge >= 0.3 is 5.97 Å². The second-order valence-electron chi connectivity index (χ2n) is 7.69. The molecule has 3 nitrogen and oxygen atoms in total. The van der Waals surface area contributed by atoms with Crippen molar-refractivity contribution in [1.82, 2.24) is 0 Å². The van der Waals surface area contributed by atoms with Gasteiger partial charge in [0.05, 0.1) is 11.1 Å². The van der Waals surface area contributed by atoms with E-state index in [1.807, 2.05) is 36.4 Å². The molecule has 0 saturated heterocycles. The number of benzene rings is 2. The summed E-state index contributed by atoms with van der Waals surface area (Å²) in [6.07, 6.45) is 10.4. The Kier molecular flexibility index (Phi) is 7.03. The third-order valence-corrected chi connectivity index (χ3v) is 5.71. The van der Waals surface area contributed by atoms with Gasteiger partial charge in [-0.2, -0.15) is 5.26 Å². The van der Waals surface area contributed by atoms with E-state index in [1.165, 1.54) is 31.2 Å². The van der Waals surface area contributed by atoms with Crippen LogP contribution in [0.25, 0.3) is 0 Å². The number of ether oxygens (including phenoxy) is 1. The van der Waals surface area contributed by atoms with Crippen molar-refractivity contribution < 1.29 is 9.53 Å². The second kappa shape index (κ2) is 9.89. The molecular formula is C26H27NO2. The van der Waals surface area contributed by atoms with Crippen molar-refractivity contribution in [2.45, 2.75) is 44.4 Å².